The smallest absolute Gasteiger partial charge is 0.253 e. The molecule has 2 amide bonds. The van der Waals surface area contributed by atoms with Crippen molar-refractivity contribution in [1.82, 2.24) is 30.4 Å². The highest BCUT2D eigenvalue weighted by Crippen LogP contribution is 2.28. The van der Waals surface area contributed by atoms with E-state index in [0.717, 1.165) is 16.5 Å². The van der Waals surface area contributed by atoms with Crippen molar-refractivity contribution < 1.29 is 9.59 Å². The SMILES string of the molecule is CCN(CC)C(=O)C1=CN=CC2NC(c3[nH]nc4ncc(-c5cncc(NC(=O)C(C)C)c5)cc34)=NC12. The maximum absolute atomic E-state index is 13.1. The van der Waals surface area contributed by atoms with Gasteiger partial charge < -0.3 is 15.5 Å². The van der Waals surface area contributed by atoms with Gasteiger partial charge in [-0.2, -0.15) is 5.10 Å². The first-order valence-corrected chi connectivity index (χ1v) is 12.4. The van der Waals surface area contributed by atoms with Crippen LogP contribution >= 0.6 is 0 Å². The number of likely N-dealkylation sites (N-methyl/N-ethyl adjacent to an activating group) is 1. The number of aromatic amines is 1. The third kappa shape index (κ3) is 4.59. The molecule has 3 aromatic rings. The number of amides is 2. The van der Waals surface area contributed by atoms with E-state index in [1.807, 2.05) is 39.8 Å². The van der Waals surface area contributed by atoms with E-state index < -0.39 is 0 Å². The number of nitrogens with zero attached hydrogens (tertiary/aromatic N) is 6. The van der Waals surface area contributed by atoms with E-state index in [1.165, 1.54) is 0 Å². The van der Waals surface area contributed by atoms with Crippen molar-refractivity contribution in [3.8, 4) is 11.1 Å². The van der Waals surface area contributed by atoms with E-state index >= 15 is 0 Å². The van der Waals surface area contributed by atoms with Gasteiger partial charge in [0.2, 0.25) is 5.91 Å². The van der Waals surface area contributed by atoms with Crippen LogP contribution in [0, 0.1) is 5.92 Å². The minimum atomic E-state index is -0.374. The van der Waals surface area contributed by atoms with Gasteiger partial charge in [0.1, 0.15) is 17.6 Å². The molecule has 2 atom stereocenters. The van der Waals surface area contributed by atoms with Gasteiger partial charge in [0.15, 0.2) is 5.65 Å². The highest BCUT2D eigenvalue weighted by atomic mass is 16.2. The van der Waals surface area contributed by atoms with Gasteiger partial charge >= 0.3 is 0 Å². The fourth-order valence-electron chi connectivity index (χ4n) is 4.37. The minimum Gasteiger partial charge on any atom is -0.358 e. The van der Waals surface area contributed by atoms with E-state index in [1.54, 1.807) is 35.9 Å². The number of amidine groups is 1. The molecule has 0 saturated heterocycles. The normalized spacial score (nSPS) is 18.3. The topological polar surface area (TPSA) is 141 Å². The van der Waals surface area contributed by atoms with Crippen LogP contribution in [0.2, 0.25) is 0 Å². The molecule has 2 aliphatic rings. The average Bonchev–Trinajstić information content (AvgIpc) is 3.53. The number of H-pyrrole nitrogens is 1. The summed E-state index contributed by atoms with van der Waals surface area (Å²) in [5.74, 6) is 0.326. The van der Waals surface area contributed by atoms with Gasteiger partial charge in [0.25, 0.3) is 5.91 Å². The molecule has 11 heteroatoms. The number of fused-ring (bicyclic) bond motifs is 2. The van der Waals surface area contributed by atoms with Crippen molar-refractivity contribution in [1.29, 1.82) is 0 Å². The molecule has 0 saturated carbocycles. The summed E-state index contributed by atoms with van der Waals surface area (Å²) in [7, 11) is 0. The number of rotatable bonds is 7. The van der Waals surface area contributed by atoms with Gasteiger partial charge in [-0.15, -0.1) is 0 Å². The zero-order chi connectivity index (χ0) is 26.1. The molecule has 0 aromatic carbocycles. The molecule has 2 unspecified atom stereocenters. The highest BCUT2D eigenvalue weighted by molar-refractivity contribution is 6.11. The Labute approximate surface area is 214 Å². The Kier molecular flexibility index (Phi) is 6.51. The fourth-order valence-corrected chi connectivity index (χ4v) is 4.37. The van der Waals surface area contributed by atoms with Crippen molar-refractivity contribution in [3.63, 3.8) is 0 Å². The lowest BCUT2D eigenvalue weighted by atomic mass is 9.99. The Hall–Kier alpha value is -4.41. The Balaban J connectivity index is 1.46. The zero-order valence-corrected chi connectivity index (χ0v) is 21.2. The number of hydrogen-bond acceptors (Lipinski definition) is 8. The summed E-state index contributed by atoms with van der Waals surface area (Å²) in [6.07, 6.45) is 8.44. The predicted octanol–water partition coefficient (Wildman–Crippen LogP) is 2.54. The number of hydrogen-bond donors (Lipinski definition) is 3. The van der Waals surface area contributed by atoms with Crippen LogP contribution < -0.4 is 10.6 Å². The number of nitrogens with one attached hydrogen (secondary N) is 3. The van der Waals surface area contributed by atoms with E-state index in [4.69, 9.17) is 4.99 Å². The molecule has 37 heavy (non-hydrogen) atoms. The van der Waals surface area contributed by atoms with Crippen LogP contribution in [-0.2, 0) is 9.59 Å². The molecule has 5 rings (SSSR count). The maximum atomic E-state index is 13.1. The quantitative estimate of drug-likeness (QED) is 0.456. The van der Waals surface area contributed by atoms with Crippen LogP contribution in [0.15, 0.2) is 52.5 Å². The summed E-state index contributed by atoms with van der Waals surface area (Å²) in [4.78, 5) is 44.9. The molecule has 0 radical (unpaired) electrons. The largest absolute Gasteiger partial charge is 0.358 e. The summed E-state index contributed by atoms with van der Waals surface area (Å²) in [5, 5.41) is 14.4. The van der Waals surface area contributed by atoms with Crippen LogP contribution in [0.3, 0.4) is 0 Å². The third-order valence-corrected chi connectivity index (χ3v) is 6.50. The molecule has 0 aliphatic carbocycles. The molecular weight excluding hydrogens is 470 g/mol. The molecule has 3 aromatic heterocycles. The average molecular weight is 500 g/mol. The first-order chi connectivity index (χ1) is 17.9. The second-order valence-corrected chi connectivity index (χ2v) is 9.25. The van der Waals surface area contributed by atoms with E-state index in [-0.39, 0.29) is 29.8 Å². The number of aromatic nitrogens is 4. The van der Waals surface area contributed by atoms with Crippen molar-refractivity contribution in [3.05, 3.63) is 48.2 Å². The Morgan fingerprint density at radius 3 is 2.65 bits per heavy atom. The van der Waals surface area contributed by atoms with E-state index in [0.29, 0.717) is 41.5 Å². The lowest BCUT2D eigenvalue weighted by Gasteiger charge is -2.25. The van der Waals surface area contributed by atoms with Crippen LogP contribution in [0.4, 0.5) is 5.69 Å². The standard InChI is InChI=1S/C26H29N9O2/c1-5-35(6-2)26(37)19-12-28-13-20-21(19)32-24(31-20)22-18-8-16(10-29-23(18)34-33-22)15-7-17(11-27-9-15)30-25(36)14(3)4/h7-14,20-21H,5-6H2,1-4H3,(H,30,36)(H,31,32)(H,29,33,34). The molecule has 2 aliphatic heterocycles. The van der Waals surface area contributed by atoms with Crippen molar-refractivity contribution in [2.24, 2.45) is 15.9 Å². The zero-order valence-electron chi connectivity index (χ0n) is 21.2. The number of carbonyl (C=O) groups excluding carboxylic acids is 2. The van der Waals surface area contributed by atoms with Crippen LogP contribution in [0.25, 0.3) is 22.2 Å². The second kappa shape index (κ2) is 9.92. The molecule has 0 fully saturated rings. The predicted molar refractivity (Wildman–Crippen MR) is 142 cm³/mol. The van der Waals surface area contributed by atoms with Gasteiger partial charge in [-0.1, -0.05) is 13.8 Å². The van der Waals surface area contributed by atoms with E-state index in [9.17, 15) is 9.59 Å². The molecule has 5 heterocycles. The van der Waals surface area contributed by atoms with Gasteiger partial charge in [-0.05, 0) is 26.0 Å². The van der Waals surface area contributed by atoms with E-state index in [2.05, 4.69) is 35.8 Å². The van der Waals surface area contributed by atoms with Gasteiger partial charge in [-0.3, -0.25) is 29.7 Å². The Bertz CT molecular complexity index is 1450. The lowest BCUT2D eigenvalue weighted by molar-refractivity contribution is -0.127. The summed E-state index contributed by atoms with van der Waals surface area (Å²) < 4.78 is 0. The summed E-state index contributed by atoms with van der Waals surface area (Å²) in [5.41, 5.74) is 4.02. The van der Waals surface area contributed by atoms with Crippen LogP contribution in [0.5, 0.6) is 0 Å². The fraction of sp³-hybridized carbons (Fsp3) is 0.346. The monoisotopic (exact) mass is 499 g/mol. The third-order valence-electron chi connectivity index (χ3n) is 6.50. The molecular formula is C26H29N9O2. The first kappa shape index (κ1) is 24.3. The van der Waals surface area contributed by atoms with Gasteiger partial charge in [-0.25, -0.2) is 4.98 Å². The van der Waals surface area contributed by atoms with Crippen LogP contribution in [-0.4, -0.2) is 74.1 Å². The van der Waals surface area contributed by atoms with Gasteiger partial charge in [0, 0.05) is 54.9 Å². The lowest BCUT2D eigenvalue weighted by Crippen LogP contribution is -2.43. The maximum Gasteiger partial charge on any atom is 0.253 e. The van der Waals surface area contributed by atoms with Gasteiger partial charge in [0.05, 0.1) is 28.9 Å². The molecule has 0 spiro atoms. The summed E-state index contributed by atoms with van der Waals surface area (Å²) in [6, 6.07) is 3.22. The number of anilines is 1. The highest BCUT2D eigenvalue weighted by Gasteiger charge is 2.37. The van der Waals surface area contributed by atoms with Crippen molar-refractivity contribution in [2.45, 2.75) is 39.8 Å². The number of aliphatic imine (C=N–C) groups is 2. The Morgan fingerprint density at radius 1 is 1.11 bits per heavy atom. The van der Waals surface area contributed by atoms with Crippen molar-refractivity contribution >= 4 is 40.6 Å². The molecule has 190 valence electrons. The summed E-state index contributed by atoms with van der Waals surface area (Å²) in [6.45, 7) is 8.83. The molecule has 11 nitrogen and oxygen atoms in total. The Morgan fingerprint density at radius 2 is 1.89 bits per heavy atom. The summed E-state index contributed by atoms with van der Waals surface area (Å²) >= 11 is 0. The molecule has 3 N–H and O–H groups in total. The van der Waals surface area contributed by atoms with Crippen LogP contribution in [0.1, 0.15) is 33.4 Å². The van der Waals surface area contributed by atoms with Crippen molar-refractivity contribution in [2.75, 3.05) is 18.4 Å². The number of pyridine rings is 2. The minimum absolute atomic E-state index is 0.0565. The number of carbonyl (C=O) groups is 2. The second-order valence-electron chi connectivity index (χ2n) is 9.25. The molecule has 0 bridgehead atoms. The first-order valence-electron chi connectivity index (χ1n) is 12.4.